The summed E-state index contributed by atoms with van der Waals surface area (Å²) in [5.74, 6) is 0.977. The number of nitrogens with two attached hydrogens (primary N) is 1. The molecule has 0 unspecified atom stereocenters. The molecule has 2 rings (SSSR count). The van der Waals surface area contributed by atoms with E-state index in [1.54, 1.807) is 0 Å². The van der Waals surface area contributed by atoms with Gasteiger partial charge >= 0.3 is 0 Å². The number of aryl methyl sites for hydroxylation is 1. The van der Waals surface area contributed by atoms with Crippen molar-refractivity contribution in [1.29, 1.82) is 0 Å². The molecule has 1 saturated carbocycles. The van der Waals surface area contributed by atoms with Crippen molar-refractivity contribution in [2.75, 3.05) is 5.32 Å². The Labute approximate surface area is 121 Å². The van der Waals surface area contributed by atoms with Gasteiger partial charge in [0.05, 0.1) is 5.69 Å². The standard InChI is InChI=1S/C13H18IN3O/c1-8-10(14)5-6-12(16-8)17-13(18)7-9-3-2-4-11(9)15/h5-6,9,11H,2-4,7,15H2,1H3,(H,16,17,18)/t9-,11+/m0/s1. The van der Waals surface area contributed by atoms with Crippen molar-refractivity contribution in [1.82, 2.24) is 4.98 Å². The van der Waals surface area contributed by atoms with Crippen molar-refractivity contribution in [2.24, 2.45) is 11.7 Å². The number of hydrogen-bond donors (Lipinski definition) is 2. The quantitative estimate of drug-likeness (QED) is 0.815. The highest BCUT2D eigenvalue weighted by atomic mass is 127. The van der Waals surface area contributed by atoms with Crippen LogP contribution in [0.25, 0.3) is 0 Å². The minimum atomic E-state index is 0.0189. The average Bonchev–Trinajstić information content (AvgIpc) is 2.70. The van der Waals surface area contributed by atoms with Gasteiger partial charge in [-0.2, -0.15) is 0 Å². The van der Waals surface area contributed by atoms with Gasteiger partial charge in [-0.3, -0.25) is 4.79 Å². The zero-order valence-electron chi connectivity index (χ0n) is 10.4. The first-order valence-electron chi connectivity index (χ1n) is 6.25. The van der Waals surface area contributed by atoms with E-state index < -0.39 is 0 Å². The Bertz CT molecular complexity index is 450. The van der Waals surface area contributed by atoms with Crippen LogP contribution in [0.2, 0.25) is 0 Å². The van der Waals surface area contributed by atoms with Crippen LogP contribution in [0.15, 0.2) is 12.1 Å². The molecule has 0 aromatic carbocycles. The molecule has 1 aromatic heterocycles. The lowest BCUT2D eigenvalue weighted by atomic mass is 10.00. The Morgan fingerprint density at radius 2 is 2.33 bits per heavy atom. The average molecular weight is 359 g/mol. The molecule has 0 bridgehead atoms. The number of carbonyl (C=O) groups excluding carboxylic acids is 1. The molecule has 18 heavy (non-hydrogen) atoms. The van der Waals surface area contributed by atoms with Gasteiger partial charge in [0.25, 0.3) is 0 Å². The Hall–Kier alpha value is -0.690. The van der Waals surface area contributed by atoms with Crippen LogP contribution in [0.1, 0.15) is 31.4 Å². The molecule has 4 nitrogen and oxygen atoms in total. The molecular weight excluding hydrogens is 341 g/mol. The van der Waals surface area contributed by atoms with Gasteiger partial charge < -0.3 is 11.1 Å². The number of nitrogens with zero attached hydrogens (tertiary/aromatic N) is 1. The fraction of sp³-hybridized carbons (Fsp3) is 0.538. The van der Waals surface area contributed by atoms with Gasteiger partial charge in [0.15, 0.2) is 0 Å². The fourth-order valence-electron chi connectivity index (χ4n) is 2.36. The van der Waals surface area contributed by atoms with Crippen molar-refractivity contribution in [3.63, 3.8) is 0 Å². The molecule has 1 aliphatic carbocycles. The number of aromatic nitrogens is 1. The van der Waals surface area contributed by atoms with Crippen LogP contribution in [0.3, 0.4) is 0 Å². The van der Waals surface area contributed by atoms with Gasteiger partial charge in [0.1, 0.15) is 5.82 Å². The largest absolute Gasteiger partial charge is 0.327 e. The molecule has 0 spiro atoms. The second-order valence-corrected chi connectivity index (χ2v) is 6.03. The second kappa shape index (κ2) is 5.97. The van der Waals surface area contributed by atoms with Crippen molar-refractivity contribution in [3.05, 3.63) is 21.4 Å². The third kappa shape index (κ3) is 3.41. The number of carbonyl (C=O) groups is 1. The first-order valence-corrected chi connectivity index (χ1v) is 7.32. The topological polar surface area (TPSA) is 68.0 Å². The van der Waals surface area contributed by atoms with Crippen LogP contribution >= 0.6 is 22.6 Å². The van der Waals surface area contributed by atoms with Crippen molar-refractivity contribution < 1.29 is 4.79 Å². The van der Waals surface area contributed by atoms with E-state index >= 15 is 0 Å². The van der Waals surface area contributed by atoms with Crippen molar-refractivity contribution in [3.8, 4) is 0 Å². The summed E-state index contributed by atoms with van der Waals surface area (Å²) >= 11 is 2.23. The number of amides is 1. The van der Waals surface area contributed by atoms with E-state index in [9.17, 15) is 4.79 Å². The predicted octanol–water partition coefficient (Wildman–Crippen LogP) is 2.45. The lowest BCUT2D eigenvalue weighted by Crippen LogP contribution is -2.28. The molecule has 0 saturated heterocycles. The van der Waals surface area contributed by atoms with Crippen LogP contribution in [0.4, 0.5) is 5.82 Å². The van der Waals surface area contributed by atoms with Gasteiger partial charge in [0.2, 0.25) is 5.91 Å². The van der Waals surface area contributed by atoms with Crippen LogP contribution in [0.5, 0.6) is 0 Å². The first-order chi connectivity index (χ1) is 8.56. The van der Waals surface area contributed by atoms with Crippen molar-refractivity contribution in [2.45, 2.75) is 38.6 Å². The third-order valence-corrected chi connectivity index (χ3v) is 4.59. The predicted molar refractivity (Wildman–Crippen MR) is 80.3 cm³/mol. The van der Waals surface area contributed by atoms with E-state index in [0.29, 0.717) is 18.2 Å². The van der Waals surface area contributed by atoms with Gasteiger partial charge in [-0.25, -0.2) is 4.98 Å². The minimum absolute atomic E-state index is 0.0189. The molecule has 1 heterocycles. The molecule has 1 aliphatic rings. The molecule has 0 radical (unpaired) electrons. The maximum atomic E-state index is 11.9. The maximum Gasteiger partial charge on any atom is 0.225 e. The molecule has 1 fully saturated rings. The Kier molecular flexibility index (Phi) is 4.55. The van der Waals surface area contributed by atoms with Gasteiger partial charge in [0, 0.05) is 16.0 Å². The highest BCUT2D eigenvalue weighted by Gasteiger charge is 2.26. The zero-order chi connectivity index (χ0) is 13.1. The van der Waals surface area contributed by atoms with Crippen LogP contribution < -0.4 is 11.1 Å². The molecule has 1 amide bonds. The summed E-state index contributed by atoms with van der Waals surface area (Å²) < 4.78 is 1.10. The number of hydrogen-bond acceptors (Lipinski definition) is 3. The van der Waals surface area contributed by atoms with Gasteiger partial charge in [-0.1, -0.05) is 6.42 Å². The summed E-state index contributed by atoms with van der Waals surface area (Å²) in [5.41, 5.74) is 6.90. The molecule has 5 heteroatoms. The summed E-state index contributed by atoms with van der Waals surface area (Å²) in [6, 6.07) is 3.98. The van der Waals surface area contributed by atoms with Gasteiger partial charge in [-0.05, 0) is 60.4 Å². The Balaban J connectivity index is 1.92. The van der Waals surface area contributed by atoms with E-state index in [2.05, 4.69) is 32.9 Å². The summed E-state index contributed by atoms with van der Waals surface area (Å²) in [6.45, 7) is 1.93. The highest BCUT2D eigenvalue weighted by Crippen LogP contribution is 2.27. The first kappa shape index (κ1) is 13.7. The SMILES string of the molecule is Cc1nc(NC(=O)C[C@@H]2CCC[C@H]2N)ccc1I. The number of anilines is 1. The minimum Gasteiger partial charge on any atom is -0.327 e. The molecule has 3 N–H and O–H groups in total. The Morgan fingerprint density at radius 1 is 1.56 bits per heavy atom. The molecule has 2 atom stereocenters. The van der Waals surface area contributed by atoms with E-state index in [1.807, 2.05) is 19.1 Å². The monoisotopic (exact) mass is 359 g/mol. The maximum absolute atomic E-state index is 11.9. The number of nitrogens with one attached hydrogen (secondary N) is 1. The van der Waals surface area contributed by atoms with E-state index in [0.717, 1.165) is 28.5 Å². The van der Waals surface area contributed by atoms with Crippen LogP contribution in [-0.4, -0.2) is 16.9 Å². The Morgan fingerprint density at radius 3 is 2.94 bits per heavy atom. The molecule has 1 aromatic rings. The molecular formula is C13H18IN3O. The zero-order valence-corrected chi connectivity index (χ0v) is 12.6. The number of halogens is 1. The third-order valence-electron chi connectivity index (χ3n) is 3.45. The van der Waals surface area contributed by atoms with E-state index in [1.165, 1.54) is 0 Å². The second-order valence-electron chi connectivity index (χ2n) is 4.87. The summed E-state index contributed by atoms with van der Waals surface area (Å²) in [7, 11) is 0. The van der Waals surface area contributed by atoms with Crippen LogP contribution in [-0.2, 0) is 4.79 Å². The normalized spacial score (nSPS) is 23.1. The van der Waals surface area contributed by atoms with E-state index in [-0.39, 0.29) is 11.9 Å². The molecule has 98 valence electrons. The summed E-state index contributed by atoms with van der Waals surface area (Å²) in [6.07, 6.45) is 3.75. The number of pyridine rings is 1. The lowest BCUT2D eigenvalue weighted by molar-refractivity contribution is -0.117. The highest BCUT2D eigenvalue weighted by molar-refractivity contribution is 14.1. The summed E-state index contributed by atoms with van der Waals surface area (Å²) in [4.78, 5) is 16.2. The van der Waals surface area contributed by atoms with E-state index in [4.69, 9.17) is 5.73 Å². The van der Waals surface area contributed by atoms with Gasteiger partial charge in [-0.15, -0.1) is 0 Å². The smallest absolute Gasteiger partial charge is 0.225 e. The molecule has 0 aliphatic heterocycles. The van der Waals surface area contributed by atoms with Crippen molar-refractivity contribution >= 4 is 34.3 Å². The number of rotatable bonds is 3. The fourth-order valence-corrected chi connectivity index (χ4v) is 2.67. The van der Waals surface area contributed by atoms with Crippen LogP contribution in [0, 0.1) is 16.4 Å². The summed E-state index contributed by atoms with van der Waals surface area (Å²) in [5, 5.41) is 2.85. The lowest BCUT2D eigenvalue weighted by Gasteiger charge is -2.14.